The van der Waals surface area contributed by atoms with Crippen LogP contribution in [0.2, 0.25) is 0 Å². The number of nitrogens with one attached hydrogen (secondary N) is 1. The Morgan fingerprint density at radius 3 is 2.71 bits per heavy atom. The third-order valence-electron chi connectivity index (χ3n) is 2.64. The van der Waals surface area contributed by atoms with E-state index in [4.69, 9.17) is 5.73 Å². The number of unbranched alkanes of at least 4 members (excludes halogenated alkanes) is 1. The molecule has 0 unspecified atom stereocenters. The summed E-state index contributed by atoms with van der Waals surface area (Å²) in [6.45, 7) is 10.3. The number of rotatable bonds is 9. The van der Waals surface area contributed by atoms with E-state index < -0.39 is 0 Å². The Kier molecular flexibility index (Phi) is 9.83. The van der Waals surface area contributed by atoms with Crippen LogP contribution in [0.15, 0.2) is 16.6 Å². The number of amidine groups is 1. The smallest absolute Gasteiger partial charge is 0.122 e. The molecule has 0 bridgehead atoms. The maximum atomic E-state index is 5.86. The minimum Gasteiger partial charge on any atom is -0.384 e. The number of allylic oxidation sites excluding steroid dienone is 1. The van der Waals surface area contributed by atoms with Gasteiger partial charge in [0.2, 0.25) is 0 Å². The van der Waals surface area contributed by atoms with Gasteiger partial charge in [0.05, 0.1) is 6.67 Å². The van der Waals surface area contributed by atoms with Crippen molar-refractivity contribution in [1.82, 2.24) is 5.32 Å². The molecule has 0 aliphatic heterocycles. The van der Waals surface area contributed by atoms with Gasteiger partial charge in [-0.2, -0.15) is 0 Å². The molecule has 0 amide bonds. The highest BCUT2D eigenvalue weighted by Gasteiger charge is 1.95. The van der Waals surface area contributed by atoms with E-state index >= 15 is 0 Å². The fraction of sp³-hybridized carbons (Fsp3) is 0.786. The van der Waals surface area contributed by atoms with Crippen LogP contribution < -0.4 is 11.1 Å². The first kappa shape index (κ1) is 16.2. The normalized spacial score (nSPS) is 13.5. The molecule has 0 saturated carbocycles. The van der Waals surface area contributed by atoms with E-state index in [1.54, 1.807) is 0 Å². The van der Waals surface area contributed by atoms with Crippen molar-refractivity contribution in [2.24, 2.45) is 16.6 Å². The minimum absolute atomic E-state index is 0.626. The van der Waals surface area contributed by atoms with Gasteiger partial charge in [-0.15, -0.1) is 0 Å². The number of hydrogen-bond acceptors (Lipinski definition) is 2. The second-order valence-corrected chi connectivity index (χ2v) is 4.91. The third kappa shape index (κ3) is 10.1. The van der Waals surface area contributed by atoms with Crippen LogP contribution in [0.3, 0.4) is 0 Å². The van der Waals surface area contributed by atoms with Crippen LogP contribution in [-0.4, -0.2) is 19.0 Å². The molecule has 0 aromatic heterocycles. The Bertz CT molecular complexity index is 242. The molecule has 0 aromatic rings. The molecular formula is C14H29N3. The highest BCUT2D eigenvalue weighted by molar-refractivity contribution is 5.96. The minimum atomic E-state index is 0.626. The van der Waals surface area contributed by atoms with Gasteiger partial charge in [0.1, 0.15) is 5.84 Å². The molecule has 3 nitrogen and oxygen atoms in total. The predicted molar refractivity (Wildman–Crippen MR) is 77.2 cm³/mol. The molecule has 100 valence electrons. The zero-order chi connectivity index (χ0) is 13.1. The Hall–Kier alpha value is -0.830. The van der Waals surface area contributed by atoms with E-state index in [0.29, 0.717) is 12.5 Å². The van der Waals surface area contributed by atoms with Crippen molar-refractivity contribution >= 4 is 5.84 Å². The highest BCUT2D eigenvalue weighted by Crippen LogP contribution is 2.01. The highest BCUT2D eigenvalue weighted by atomic mass is 15.0. The first-order chi connectivity index (χ1) is 8.07. The van der Waals surface area contributed by atoms with E-state index in [1.165, 1.54) is 12.8 Å². The fourth-order valence-corrected chi connectivity index (χ4v) is 1.45. The van der Waals surface area contributed by atoms with Gasteiger partial charge in [0.25, 0.3) is 0 Å². The molecule has 0 atom stereocenters. The molecule has 0 aromatic carbocycles. The van der Waals surface area contributed by atoms with Gasteiger partial charge in [-0.25, -0.2) is 0 Å². The standard InChI is InChI=1S/C14H29N3/c1-5-6-9-13(4)14(15)17-11-16-10-7-8-12(2)3/h9,12,16H,5-8,10-11H2,1-4H3,(H2,15,17)/b13-9+. The summed E-state index contributed by atoms with van der Waals surface area (Å²) in [4.78, 5) is 4.31. The Labute approximate surface area is 107 Å². The maximum Gasteiger partial charge on any atom is 0.122 e. The zero-order valence-electron chi connectivity index (χ0n) is 11.9. The lowest BCUT2D eigenvalue weighted by Gasteiger charge is -2.05. The predicted octanol–water partition coefficient (Wildman–Crippen LogP) is 3.07. The number of nitrogens with zero attached hydrogens (tertiary/aromatic N) is 1. The van der Waals surface area contributed by atoms with Crippen LogP contribution in [0.25, 0.3) is 0 Å². The molecule has 0 rings (SSSR count). The molecule has 0 aliphatic carbocycles. The molecule has 0 saturated heterocycles. The van der Waals surface area contributed by atoms with Crippen LogP contribution in [-0.2, 0) is 0 Å². The molecule has 0 radical (unpaired) electrons. The van der Waals surface area contributed by atoms with E-state index in [9.17, 15) is 0 Å². The van der Waals surface area contributed by atoms with Gasteiger partial charge in [0.15, 0.2) is 0 Å². The van der Waals surface area contributed by atoms with Crippen LogP contribution in [0.1, 0.15) is 53.4 Å². The largest absolute Gasteiger partial charge is 0.384 e. The molecule has 0 aliphatic rings. The summed E-state index contributed by atoms with van der Waals surface area (Å²) in [7, 11) is 0. The number of hydrogen-bond donors (Lipinski definition) is 2. The second kappa shape index (κ2) is 10.3. The lowest BCUT2D eigenvalue weighted by Crippen LogP contribution is -2.20. The maximum absolute atomic E-state index is 5.86. The third-order valence-corrected chi connectivity index (χ3v) is 2.64. The Morgan fingerprint density at radius 2 is 2.12 bits per heavy atom. The van der Waals surface area contributed by atoms with Crippen LogP contribution in [0, 0.1) is 5.92 Å². The zero-order valence-corrected chi connectivity index (χ0v) is 11.9. The molecule has 0 heterocycles. The van der Waals surface area contributed by atoms with Crippen LogP contribution in [0.5, 0.6) is 0 Å². The van der Waals surface area contributed by atoms with Crippen molar-refractivity contribution in [3.05, 3.63) is 11.6 Å². The second-order valence-electron chi connectivity index (χ2n) is 4.91. The van der Waals surface area contributed by atoms with Gasteiger partial charge in [-0.05, 0) is 44.2 Å². The molecule has 3 N–H and O–H groups in total. The molecule has 17 heavy (non-hydrogen) atoms. The van der Waals surface area contributed by atoms with Gasteiger partial charge in [-0.3, -0.25) is 10.3 Å². The molecule has 0 spiro atoms. The van der Waals surface area contributed by atoms with Gasteiger partial charge < -0.3 is 5.73 Å². The Morgan fingerprint density at radius 1 is 1.41 bits per heavy atom. The van der Waals surface area contributed by atoms with Crippen molar-refractivity contribution in [2.75, 3.05) is 13.2 Å². The Balaban J connectivity index is 3.69. The topological polar surface area (TPSA) is 50.4 Å². The van der Waals surface area contributed by atoms with Crippen molar-refractivity contribution < 1.29 is 0 Å². The van der Waals surface area contributed by atoms with Crippen LogP contribution >= 0.6 is 0 Å². The first-order valence-electron chi connectivity index (χ1n) is 6.75. The van der Waals surface area contributed by atoms with Crippen molar-refractivity contribution in [1.29, 1.82) is 0 Å². The summed E-state index contributed by atoms with van der Waals surface area (Å²) < 4.78 is 0. The molecule has 0 fully saturated rings. The number of aliphatic imine (C=N–C) groups is 1. The summed E-state index contributed by atoms with van der Waals surface area (Å²) in [5.41, 5.74) is 6.96. The average Bonchev–Trinajstić information content (AvgIpc) is 2.29. The summed E-state index contributed by atoms with van der Waals surface area (Å²) in [6.07, 6.45) is 6.85. The first-order valence-corrected chi connectivity index (χ1v) is 6.75. The van der Waals surface area contributed by atoms with Gasteiger partial charge >= 0.3 is 0 Å². The quantitative estimate of drug-likeness (QED) is 0.369. The van der Waals surface area contributed by atoms with E-state index in [0.717, 1.165) is 30.9 Å². The van der Waals surface area contributed by atoms with E-state index in [1.807, 2.05) is 6.92 Å². The molecule has 3 heteroatoms. The van der Waals surface area contributed by atoms with E-state index in [-0.39, 0.29) is 0 Å². The van der Waals surface area contributed by atoms with Crippen molar-refractivity contribution in [2.45, 2.75) is 53.4 Å². The summed E-state index contributed by atoms with van der Waals surface area (Å²) in [6, 6.07) is 0. The lowest BCUT2D eigenvalue weighted by molar-refractivity contribution is 0.531. The van der Waals surface area contributed by atoms with Gasteiger partial charge in [0, 0.05) is 0 Å². The SMILES string of the molecule is CCC/C=C(\C)C(N)=NCNCCCC(C)C. The van der Waals surface area contributed by atoms with Crippen LogP contribution in [0.4, 0.5) is 0 Å². The van der Waals surface area contributed by atoms with Crippen molar-refractivity contribution in [3.8, 4) is 0 Å². The fourth-order valence-electron chi connectivity index (χ4n) is 1.45. The van der Waals surface area contributed by atoms with Gasteiger partial charge in [-0.1, -0.05) is 33.3 Å². The molecular weight excluding hydrogens is 210 g/mol. The van der Waals surface area contributed by atoms with E-state index in [2.05, 4.69) is 37.2 Å². The lowest BCUT2D eigenvalue weighted by atomic mass is 10.1. The average molecular weight is 239 g/mol. The van der Waals surface area contributed by atoms with Crippen molar-refractivity contribution in [3.63, 3.8) is 0 Å². The monoisotopic (exact) mass is 239 g/mol. The summed E-state index contributed by atoms with van der Waals surface area (Å²) in [5.74, 6) is 1.44. The number of nitrogens with two attached hydrogens (primary N) is 1. The summed E-state index contributed by atoms with van der Waals surface area (Å²) >= 11 is 0. The summed E-state index contributed by atoms with van der Waals surface area (Å²) in [5, 5.41) is 3.29.